The highest BCUT2D eigenvalue weighted by molar-refractivity contribution is 7.15. The molecule has 1 atom stereocenters. The molecule has 1 unspecified atom stereocenters. The molecule has 0 fully saturated rings. The monoisotopic (exact) mass is 253 g/mol. The number of hydrogen-bond donors (Lipinski definition) is 1. The fourth-order valence-corrected chi connectivity index (χ4v) is 2.38. The van der Waals surface area contributed by atoms with E-state index in [0.29, 0.717) is 21.2 Å². The van der Waals surface area contributed by atoms with Crippen molar-refractivity contribution < 1.29 is 14.2 Å². The lowest BCUT2D eigenvalue weighted by Gasteiger charge is -2.06. The van der Waals surface area contributed by atoms with Crippen LogP contribution in [-0.2, 0) is 0 Å². The molecule has 0 radical (unpaired) electrons. The zero-order valence-corrected chi connectivity index (χ0v) is 10.3. The molecule has 17 heavy (non-hydrogen) atoms. The zero-order valence-electron chi connectivity index (χ0n) is 9.48. The number of halogens is 1. The number of aliphatic hydroxyl groups is 1. The Morgan fingerprint density at radius 2 is 2.24 bits per heavy atom. The van der Waals surface area contributed by atoms with Gasteiger partial charge in [-0.3, -0.25) is 0 Å². The van der Waals surface area contributed by atoms with Crippen molar-refractivity contribution in [3.8, 4) is 16.3 Å². The number of nitrogens with zero attached hydrogens (tertiary/aromatic N) is 1. The number of thiazole rings is 1. The Labute approximate surface area is 103 Å². The van der Waals surface area contributed by atoms with Crippen molar-refractivity contribution >= 4 is 11.3 Å². The van der Waals surface area contributed by atoms with Gasteiger partial charge >= 0.3 is 0 Å². The van der Waals surface area contributed by atoms with Gasteiger partial charge < -0.3 is 9.84 Å². The maximum Gasteiger partial charge on any atom is 0.137 e. The maximum atomic E-state index is 13.8. The molecule has 1 heterocycles. The van der Waals surface area contributed by atoms with Crippen LogP contribution in [0.15, 0.2) is 24.4 Å². The summed E-state index contributed by atoms with van der Waals surface area (Å²) < 4.78 is 18.9. The second kappa shape index (κ2) is 4.81. The lowest BCUT2D eigenvalue weighted by atomic mass is 10.2. The molecule has 5 heteroatoms. The van der Waals surface area contributed by atoms with Gasteiger partial charge in [-0.05, 0) is 19.1 Å². The summed E-state index contributed by atoms with van der Waals surface area (Å²) in [5, 5.41) is 9.94. The van der Waals surface area contributed by atoms with Gasteiger partial charge in [0.2, 0.25) is 0 Å². The van der Waals surface area contributed by atoms with E-state index in [-0.39, 0.29) is 5.82 Å². The first-order valence-electron chi connectivity index (χ1n) is 5.10. The highest BCUT2D eigenvalue weighted by Gasteiger charge is 2.16. The summed E-state index contributed by atoms with van der Waals surface area (Å²) >= 11 is 1.26. The average molecular weight is 253 g/mol. The van der Waals surface area contributed by atoms with Crippen molar-refractivity contribution in [1.82, 2.24) is 4.98 Å². The van der Waals surface area contributed by atoms with Gasteiger partial charge in [-0.1, -0.05) is 6.07 Å². The number of rotatable bonds is 3. The molecule has 0 saturated carbocycles. The van der Waals surface area contributed by atoms with E-state index in [4.69, 9.17) is 4.74 Å². The summed E-state index contributed by atoms with van der Waals surface area (Å²) in [6.07, 6.45) is 0.954. The molecule has 90 valence electrons. The molecule has 0 aliphatic rings. The molecule has 0 spiro atoms. The first-order valence-corrected chi connectivity index (χ1v) is 5.91. The van der Waals surface area contributed by atoms with Gasteiger partial charge in [-0.15, -0.1) is 11.3 Å². The average Bonchev–Trinajstić information content (AvgIpc) is 2.77. The van der Waals surface area contributed by atoms with Gasteiger partial charge in [0.15, 0.2) is 0 Å². The van der Waals surface area contributed by atoms with Crippen LogP contribution in [0.1, 0.15) is 17.9 Å². The Morgan fingerprint density at radius 3 is 2.82 bits per heavy atom. The SMILES string of the molecule is COc1cccc(F)c1-c1ncc(C(C)O)s1. The van der Waals surface area contributed by atoms with E-state index >= 15 is 0 Å². The smallest absolute Gasteiger partial charge is 0.137 e. The van der Waals surface area contributed by atoms with Gasteiger partial charge in [-0.2, -0.15) is 0 Å². The van der Waals surface area contributed by atoms with Gasteiger partial charge in [0.05, 0.1) is 23.7 Å². The fraction of sp³-hybridized carbons (Fsp3) is 0.250. The lowest BCUT2D eigenvalue weighted by molar-refractivity contribution is 0.203. The Bertz CT molecular complexity index is 525. The second-order valence-electron chi connectivity index (χ2n) is 3.56. The normalized spacial score (nSPS) is 12.5. The Balaban J connectivity index is 2.51. The van der Waals surface area contributed by atoms with Gasteiger partial charge in [0, 0.05) is 6.20 Å². The van der Waals surface area contributed by atoms with Crippen molar-refractivity contribution in [1.29, 1.82) is 0 Å². The Hall–Kier alpha value is -1.46. The Kier molecular flexibility index (Phi) is 3.40. The van der Waals surface area contributed by atoms with Crippen LogP contribution in [0, 0.1) is 5.82 Å². The molecule has 3 nitrogen and oxygen atoms in total. The number of ether oxygens (including phenoxy) is 1. The summed E-state index contributed by atoms with van der Waals surface area (Å²) in [5.41, 5.74) is 0.340. The number of benzene rings is 1. The quantitative estimate of drug-likeness (QED) is 0.914. The molecule has 0 bridgehead atoms. The van der Waals surface area contributed by atoms with E-state index in [1.165, 1.54) is 24.5 Å². The largest absolute Gasteiger partial charge is 0.496 e. The predicted molar refractivity (Wildman–Crippen MR) is 64.7 cm³/mol. The van der Waals surface area contributed by atoms with Crippen molar-refractivity contribution in [3.63, 3.8) is 0 Å². The summed E-state index contributed by atoms with van der Waals surface area (Å²) in [6, 6.07) is 4.63. The Morgan fingerprint density at radius 1 is 1.47 bits per heavy atom. The summed E-state index contributed by atoms with van der Waals surface area (Å²) in [4.78, 5) is 4.82. The van der Waals surface area contributed by atoms with Crippen LogP contribution in [0.5, 0.6) is 5.75 Å². The van der Waals surface area contributed by atoms with Crippen molar-refractivity contribution in [3.05, 3.63) is 35.1 Å². The van der Waals surface area contributed by atoms with Crippen LogP contribution in [-0.4, -0.2) is 17.2 Å². The first-order chi connectivity index (χ1) is 8.13. The third-order valence-corrected chi connectivity index (χ3v) is 3.53. The third-order valence-electron chi connectivity index (χ3n) is 2.34. The van der Waals surface area contributed by atoms with Crippen LogP contribution < -0.4 is 4.74 Å². The number of hydrogen-bond acceptors (Lipinski definition) is 4. The third kappa shape index (κ3) is 2.30. The van der Waals surface area contributed by atoms with Crippen molar-refractivity contribution in [2.24, 2.45) is 0 Å². The number of methoxy groups -OCH3 is 1. The lowest BCUT2D eigenvalue weighted by Crippen LogP contribution is -1.90. The molecule has 1 aromatic carbocycles. The highest BCUT2D eigenvalue weighted by atomic mass is 32.1. The molecule has 0 amide bonds. The summed E-state index contributed by atoms with van der Waals surface area (Å²) in [6.45, 7) is 1.65. The molecule has 0 aliphatic heterocycles. The minimum Gasteiger partial charge on any atom is -0.496 e. The molecule has 0 aliphatic carbocycles. The molecule has 1 aromatic heterocycles. The summed E-state index contributed by atoms with van der Waals surface area (Å²) in [5.74, 6) is 0.0623. The highest BCUT2D eigenvalue weighted by Crippen LogP contribution is 2.36. The second-order valence-corrected chi connectivity index (χ2v) is 4.62. The molecule has 2 rings (SSSR count). The van der Waals surface area contributed by atoms with Crippen LogP contribution in [0.25, 0.3) is 10.6 Å². The molecule has 0 saturated heterocycles. The molecule has 2 aromatic rings. The standard InChI is InChI=1S/C12H12FNO2S/c1-7(15)10-6-14-12(17-10)11-8(13)4-3-5-9(11)16-2/h3-7,15H,1-2H3. The molecular weight excluding hydrogens is 241 g/mol. The number of aliphatic hydroxyl groups excluding tert-OH is 1. The van der Waals surface area contributed by atoms with E-state index in [1.54, 1.807) is 25.3 Å². The topological polar surface area (TPSA) is 42.4 Å². The fourth-order valence-electron chi connectivity index (χ4n) is 1.48. The van der Waals surface area contributed by atoms with E-state index in [0.717, 1.165) is 0 Å². The van der Waals surface area contributed by atoms with Crippen molar-refractivity contribution in [2.45, 2.75) is 13.0 Å². The van der Waals surface area contributed by atoms with Gasteiger partial charge in [-0.25, -0.2) is 9.37 Å². The minimum atomic E-state index is -0.598. The maximum absolute atomic E-state index is 13.8. The van der Waals surface area contributed by atoms with E-state index in [1.807, 2.05) is 0 Å². The van der Waals surface area contributed by atoms with Crippen LogP contribution >= 0.6 is 11.3 Å². The van der Waals surface area contributed by atoms with Crippen LogP contribution in [0.4, 0.5) is 4.39 Å². The molecule has 1 N–H and O–H groups in total. The first kappa shape index (κ1) is 12.0. The summed E-state index contributed by atoms with van der Waals surface area (Å²) in [7, 11) is 1.49. The van der Waals surface area contributed by atoms with Crippen LogP contribution in [0.2, 0.25) is 0 Å². The molecular formula is C12H12FNO2S. The van der Waals surface area contributed by atoms with E-state index in [9.17, 15) is 9.50 Å². The van der Waals surface area contributed by atoms with E-state index in [2.05, 4.69) is 4.98 Å². The van der Waals surface area contributed by atoms with Gasteiger partial charge in [0.25, 0.3) is 0 Å². The van der Waals surface area contributed by atoms with Gasteiger partial charge in [0.1, 0.15) is 16.6 Å². The van der Waals surface area contributed by atoms with E-state index < -0.39 is 6.10 Å². The minimum absolute atomic E-state index is 0.340. The number of aromatic nitrogens is 1. The van der Waals surface area contributed by atoms with Crippen LogP contribution in [0.3, 0.4) is 0 Å². The zero-order chi connectivity index (χ0) is 12.4. The predicted octanol–water partition coefficient (Wildman–Crippen LogP) is 3.01. The van der Waals surface area contributed by atoms with Crippen molar-refractivity contribution in [2.75, 3.05) is 7.11 Å².